The number of aliphatic hydroxyl groups is 1. The van der Waals surface area contributed by atoms with Crippen molar-refractivity contribution >= 4 is 11.6 Å². The van der Waals surface area contributed by atoms with E-state index in [4.69, 9.17) is 25.5 Å². The molecule has 0 saturated heterocycles. The lowest BCUT2D eigenvalue weighted by Crippen LogP contribution is -2.04. The van der Waals surface area contributed by atoms with Crippen LogP contribution in [0.5, 0.6) is 11.5 Å². The Morgan fingerprint density at radius 1 is 1.17 bits per heavy atom. The summed E-state index contributed by atoms with van der Waals surface area (Å²) in [6.45, 7) is 0. The van der Waals surface area contributed by atoms with Gasteiger partial charge < -0.3 is 19.0 Å². The van der Waals surface area contributed by atoms with E-state index in [1.807, 2.05) is 0 Å². The van der Waals surface area contributed by atoms with Gasteiger partial charge in [-0.1, -0.05) is 6.07 Å². The monoisotopic (exact) mass is 268 g/mol. The molecule has 1 aromatic carbocycles. The van der Waals surface area contributed by atoms with Gasteiger partial charge >= 0.3 is 0 Å². The van der Waals surface area contributed by atoms with Crippen molar-refractivity contribution in [1.29, 1.82) is 0 Å². The maximum atomic E-state index is 10.4. The third-order valence-electron chi connectivity index (χ3n) is 2.68. The average Bonchev–Trinajstić information content (AvgIpc) is 2.83. The molecule has 96 valence electrons. The molecule has 18 heavy (non-hydrogen) atoms. The molecule has 0 aliphatic carbocycles. The fourth-order valence-corrected chi connectivity index (χ4v) is 2.02. The molecule has 4 nitrogen and oxygen atoms in total. The van der Waals surface area contributed by atoms with Crippen molar-refractivity contribution in [3.05, 3.63) is 46.9 Å². The summed E-state index contributed by atoms with van der Waals surface area (Å²) in [5.41, 5.74) is 0.991. The van der Waals surface area contributed by atoms with Gasteiger partial charge in [0.1, 0.15) is 17.6 Å². The lowest BCUT2D eigenvalue weighted by molar-refractivity contribution is 0.208. The fourth-order valence-electron chi connectivity index (χ4n) is 1.80. The molecule has 0 bridgehead atoms. The molecule has 0 aliphatic rings. The number of hydrogen-bond acceptors (Lipinski definition) is 4. The number of furan rings is 1. The normalized spacial score (nSPS) is 12.2. The number of benzene rings is 1. The number of rotatable bonds is 4. The number of halogens is 1. The Kier molecular flexibility index (Phi) is 3.79. The second kappa shape index (κ2) is 5.33. The van der Waals surface area contributed by atoms with E-state index >= 15 is 0 Å². The van der Waals surface area contributed by atoms with Crippen LogP contribution < -0.4 is 9.47 Å². The zero-order valence-corrected chi connectivity index (χ0v) is 10.8. The van der Waals surface area contributed by atoms with Gasteiger partial charge in [0.05, 0.1) is 26.0 Å². The molecule has 0 aliphatic heterocycles. The first-order chi connectivity index (χ1) is 8.69. The average molecular weight is 269 g/mol. The molecule has 2 aromatic rings. The molecule has 1 unspecified atom stereocenters. The molecule has 0 spiro atoms. The van der Waals surface area contributed by atoms with E-state index in [-0.39, 0.29) is 5.22 Å². The second-order valence-corrected chi connectivity index (χ2v) is 3.97. The Hall–Kier alpha value is -1.65. The fraction of sp³-hybridized carbons (Fsp3) is 0.231. The quantitative estimate of drug-likeness (QED) is 0.926. The minimum atomic E-state index is -0.970. The molecule has 0 fully saturated rings. The van der Waals surface area contributed by atoms with E-state index in [1.165, 1.54) is 20.5 Å². The van der Waals surface area contributed by atoms with Crippen molar-refractivity contribution in [2.45, 2.75) is 6.10 Å². The van der Waals surface area contributed by atoms with Crippen molar-refractivity contribution < 1.29 is 19.0 Å². The summed E-state index contributed by atoms with van der Waals surface area (Å²) in [6.07, 6.45) is 0.449. The maximum absolute atomic E-state index is 10.4. The minimum Gasteiger partial charge on any atom is -0.496 e. The zero-order chi connectivity index (χ0) is 13.1. The van der Waals surface area contributed by atoms with Crippen molar-refractivity contribution in [2.24, 2.45) is 0 Å². The first kappa shape index (κ1) is 12.8. The van der Waals surface area contributed by atoms with Gasteiger partial charge in [-0.15, -0.1) is 0 Å². The number of methoxy groups -OCH3 is 2. The molecule has 1 heterocycles. The Labute approximate surface area is 110 Å². The number of hydrogen-bond donors (Lipinski definition) is 1. The summed E-state index contributed by atoms with van der Waals surface area (Å²) in [7, 11) is 3.06. The summed E-state index contributed by atoms with van der Waals surface area (Å²) >= 11 is 5.87. The van der Waals surface area contributed by atoms with Crippen LogP contribution in [0.4, 0.5) is 0 Å². The van der Waals surface area contributed by atoms with Crippen LogP contribution in [0.25, 0.3) is 0 Å². The highest BCUT2D eigenvalue weighted by Gasteiger charge is 2.23. The summed E-state index contributed by atoms with van der Waals surface area (Å²) in [4.78, 5) is 0. The van der Waals surface area contributed by atoms with Gasteiger partial charge in [-0.05, 0) is 29.8 Å². The molecular formula is C13H13ClO4. The van der Waals surface area contributed by atoms with Crippen LogP contribution in [0, 0.1) is 0 Å². The van der Waals surface area contributed by atoms with E-state index in [2.05, 4.69) is 0 Å². The molecule has 0 radical (unpaired) electrons. The van der Waals surface area contributed by atoms with Crippen molar-refractivity contribution in [2.75, 3.05) is 14.2 Å². The third-order valence-corrected chi connectivity index (χ3v) is 2.99. The summed E-state index contributed by atoms with van der Waals surface area (Å²) in [6, 6.07) is 6.88. The molecule has 5 heteroatoms. The third kappa shape index (κ3) is 2.17. The van der Waals surface area contributed by atoms with Crippen molar-refractivity contribution in [1.82, 2.24) is 0 Å². The van der Waals surface area contributed by atoms with Crippen LogP contribution in [0.2, 0.25) is 5.22 Å². The van der Waals surface area contributed by atoms with Gasteiger partial charge in [-0.3, -0.25) is 0 Å². The van der Waals surface area contributed by atoms with Gasteiger partial charge in [-0.25, -0.2) is 0 Å². The molecule has 2 rings (SSSR count). The van der Waals surface area contributed by atoms with Crippen LogP contribution in [-0.4, -0.2) is 19.3 Å². The first-order valence-corrected chi connectivity index (χ1v) is 5.68. The van der Waals surface area contributed by atoms with E-state index in [9.17, 15) is 5.11 Å². The van der Waals surface area contributed by atoms with E-state index in [0.29, 0.717) is 22.6 Å². The predicted molar refractivity (Wildman–Crippen MR) is 67.3 cm³/mol. The molecule has 0 amide bonds. The molecular weight excluding hydrogens is 256 g/mol. The van der Waals surface area contributed by atoms with E-state index < -0.39 is 6.10 Å². The molecule has 1 atom stereocenters. The van der Waals surface area contributed by atoms with Crippen LogP contribution in [0.1, 0.15) is 17.2 Å². The largest absolute Gasteiger partial charge is 0.496 e. The van der Waals surface area contributed by atoms with Gasteiger partial charge in [0, 0.05) is 5.56 Å². The van der Waals surface area contributed by atoms with Crippen molar-refractivity contribution in [3.8, 4) is 11.5 Å². The Bertz CT molecular complexity index is 513. The Morgan fingerprint density at radius 3 is 2.22 bits per heavy atom. The number of aliphatic hydroxyl groups excluding tert-OH is 1. The van der Waals surface area contributed by atoms with Gasteiger partial charge in [0.2, 0.25) is 0 Å². The predicted octanol–water partition coefficient (Wildman–Crippen LogP) is 3.03. The van der Waals surface area contributed by atoms with Gasteiger partial charge in [0.15, 0.2) is 5.22 Å². The smallest absolute Gasteiger partial charge is 0.199 e. The summed E-state index contributed by atoms with van der Waals surface area (Å²) in [5, 5.41) is 10.5. The molecule has 0 saturated carbocycles. The summed E-state index contributed by atoms with van der Waals surface area (Å²) < 4.78 is 15.4. The maximum Gasteiger partial charge on any atom is 0.199 e. The minimum absolute atomic E-state index is 0.149. The summed E-state index contributed by atoms with van der Waals surface area (Å²) in [5.74, 6) is 1.05. The molecule has 1 N–H and O–H groups in total. The molecule has 1 aromatic heterocycles. The highest BCUT2D eigenvalue weighted by Crippen LogP contribution is 2.39. The van der Waals surface area contributed by atoms with E-state index in [0.717, 1.165) is 0 Å². The van der Waals surface area contributed by atoms with Crippen LogP contribution in [-0.2, 0) is 0 Å². The van der Waals surface area contributed by atoms with Crippen LogP contribution in [0.15, 0.2) is 34.9 Å². The first-order valence-electron chi connectivity index (χ1n) is 5.31. The lowest BCUT2D eigenvalue weighted by Gasteiger charge is -2.17. The SMILES string of the molecule is COc1cccc(OC)c1C(O)c1ccoc1Cl. The Morgan fingerprint density at radius 2 is 1.78 bits per heavy atom. The standard InChI is InChI=1S/C13H13ClO4/c1-16-9-4-3-5-10(17-2)11(9)12(15)8-6-7-18-13(8)14/h3-7,12,15H,1-2H3. The topological polar surface area (TPSA) is 51.8 Å². The van der Waals surface area contributed by atoms with Crippen LogP contribution in [0.3, 0.4) is 0 Å². The Balaban J connectivity index is 2.52. The second-order valence-electron chi connectivity index (χ2n) is 3.63. The number of ether oxygens (including phenoxy) is 2. The zero-order valence-electron chi connectivity index (χ0n) is 10.0. The van der Waals surface area contributed by atoms with E-state index in [1.54, 1.807) is 24.3 Å². The van der Waals surface area contributed by atoms with Gasteiger partial charge in [0.25, 0.3) is 0 Å². The van der Waals surface area contributed by atoms with Gasteiger partial charge in [-0.2, -0.15) is 0 Å². The van der Waals surface area contributed by atoms with Crippen molar-refractivity contribution in [3.63, 3.8) is 0 Å². The highest BCUT2D eigenvalue weighted by atomic mass is 35.5. The van der Waals surface area contributed by atoms with Crippen LogP contribution >= 0.6 is 11.6 Å². The lowest BCUT2D eigenvalue weighted by atomic mass is 10.0. The highest BCUT2D eigenvalue weighted by molar-refractivity contribution is 6.29.